The lowest BCUT2D eigenvalue weighted by atomic mass is 10.3. The van der Waals surface area contributed by atoms with E-state index in [0.717, 1.165) is 0 Å². The number of rotatable bonds is 2. The summed E-state index contributed by atoms with van der Waals surface area (Å²) in [5.74, 6) is 0. The van der Waals surface area contributed by atoms with Crippen LogP contribution in [0, 0.1) is 0 Å². The third kappa shape index (κ3) is 1.75. The summed E-state index contributed by atoms with van der Waals surface area (Å²) in [6.45, 7) is 2.23. The highest BCUT2D eigenvalue weighted by Crippen LogP contribution is 2.34. The summed E-state index contributed by atoms with van der Waals surface area (Å²) in [7, 11) is 0. The Kier molecular flexibility index (Phi) is 2.84. The minimum Gasteiger partial charge on any atom is -0.122 e. The van der Waals surface area contributed by atoms with Gasteiger partial charge in [0.05, 0.1) is 0 Å². The molecule has 0 radical (unpaired) electrons. The summed E-state index contributed by atoms with van der Waals surface area (Å²) >= 11 is 3.91. The molecule has 0 spiro atoms. The fraction of sp³-hybridized carbons (Fsp3) is 0.667. The predicted octanol–water partition coefficient (Wildman–Crippen LogP) is 3.07. The van der Waals surface area contributed by atoms with Crippen LogP contribution in [0.15, 0.2) is 10.3 Å². The molecule has 1 aliphatic rings. The van der Waals surface area contributed by atoms with E-state index in [2.05, 4.69) is 12.3 Å². The normalized spacial score (nSPS) is 18.9. The first kappa shape index (κ1) is 6.56. The van der Waals surface area contributed by atoms with E-state index >= 15 is 0 Å². The van der Waals surface area contributed by atoms with Crippen LogP contribution in [0.25, 0.3) is 0 Å². The predicted molar refractivity (Wildman–Crippen MR) is 43.0 cm³/mol. The molecule has 0 aromatic carbocycles. The van der Waals surface area contributed by atoms with Crippen LogP contribution in [0.3, 0.4) is 0 Å². The molecule has 8 heavy (non-hydrogen) atoms. The van der Waals surface area contributed by atoms with Crippen molar-refractivity contribution in [3.05, 3.63) is 10.3 Å². The fourth-order valence-corrected chi connectivity index (χ4v) is 2.93. The number of hydrogen-bond donors (Lipinski definition) is 0. The van der Waals surface area contributed by atoms with E-state index in [9.17, 15) is 0 Å². The molecule has 0 saturated heterocycles. The maximum Gasteiger partial charge on any atom is 0.0478 e. The monoisotopic (exact) mass is 146 g/mol. The maximum atomic E-state index is 2.29. The zero-order valence-electron chi connectivity index (χ0n) is 5.02. The van der Waals surface area contributed by atoms with Gasteiger partial charge in [-0.15, -0.1) is 23.5 Å². The zero-order chi connectivity index (χ0) is 5.82. The summed E-state index contributed by atoms with van der Waals surface area (Å²) in [5.41, 5.74) is 0. The second kappa shape index (κ2) is 3.46. The molecule has 0 atom stereocenters. The van der Waals surface area contributed by atoms with Gasteiger partial charge in [0.15, 0.2) is 0 Å². The molecule has 0 nitrogen and oxygen atoms in total. The van der Waals surface area contributed by atoms with E-state index in [1.165, 1.54) is 17.9 Å². The van der Waals surface area contributed by atoms with Gasteiger partial charge in [-0.3, -0.25) is 0 Å². The molecule has 0 fully saturated rings. The van der Waals surface area contributed by atoms with Crippen molar-refractivity contribution in [1.29, 1.82) is 0 Å². The Labute approximate surface area is 59.1 Å². The van der Waals surface area contributed by atoms with E-state index in [1.807, 2.05) is 23.5 Å². The summed E-state index contributed by atoms with van der Waals surface area (Å²) < 4.78 is 0. The Balaban J connectivity index is 2.23. The molecule has 0 saturated carbocycles. The van der Waals surface area contributed by atoms with Gasteiger partial charge in [0.1, 0.15) is 0 Å². The number of allylic oxidation sites excluding steroid dienone is 1. The standard InChI is InChI=1S/C6H10S2/c1-2-3-6-4-7-5-8-6/h4H,2-3,5H2,1H3. The first-order valence-corrected chi connectivity index (χ1v) is 4.90. The Morgan fingerprint density at radius 2 is 2.62 bits per heavy atom. The largest absolute Gasteiger partial charge is 0.122 e. The SMILES string of the molecule is CCCC1=CSCS1. The number of thioether (sulfide) groups is 2. The molecule has 1 aliphatic heterocycles. The van der Waals surface area contributed by atoms with Crippen molar-refractivity contribution >= 4 is 23.5 Å². The van der Waals surface area contributed by atoms with Crippen molar-refractivity contribution in [2.45, 2.75) is 19.8 Å². The molecular formula is C6H10S2. The topological polar surface area (TPSA) is 0 Å². The van der Waals surface area contributed by atoms with Gasteiger partial charge in [-0.05, 0) is 16.7 Å². The van der Waals surface area contributed by atoms with E-state index < -0.39 is 0 Å². The van der Waals surface area contributed by atoms with Crippen LogP contribution in [0.5, 0.6) is 0 Å². The Hall–Kier alpha value is 0.440. The van der Waals surface area contributed by atoms with Gasteiger partial charge >= 0.3 is 0 Å². The van der Waals surface area contributed by atoms with E-state index in [1.54, 1.807) is 4.91 Å². The van der Waals surface area contributed by atoms with Gasteiger partial charge in [0, 0.05) is 5.08 Å². The van der Waals surface area contributed by atoms with Gasteiger partial charge in [-0.25, -0.2) is 0 Å². The van der Waals surface area contributed by atoms with Gasteiger partial charge in [0.25, 0.3) is 0 Å². The molecule has 1 rings (SSSR count). The van der Waals surface area contributed by atoms with E-state index in [-0.39, 0.29) is 0 Å². The van der Waals surface area contributed by atoms with Crippen LogP contribution < -0.4 is 0 Å². The van der Waals surface area contributed by atoms with Crippen LogP contribution in [0.4, 0.5) is 0 Å². The molecule has 0 bridgehead atoms. The first-order valence-electron chi connectivity index (χ1n) is 2.87. The van der Waals surface area contributed by atoms with E-state index in [4.69, 9.17) is 0 Å². The van der Waals surface area contributed by atoms with Gasteiger partial charge in [-0.2, -0.15) is 0 Å². The zero-order valence-corrected chi connectivity index (χ0v) is 6.65. The third-order valence-corrected chi connectivity index (χ3v) is 3.33. The third-order valence-electron chi connectivity index (χ3n) is 1.02. The van der Waals surface area contributed by atoms with Crippen molar-refractivity contribution in [2.75, 3.05) is 5.08 Å². The fourth-order valence-electron chi connectivity index (χ4n) is 0.648. The van der Waals surface area contributed by atoms with Gasteiger partial charge in [-0.1, -0.05) is 13.3 Å². The Bertz CT molecular complexity index is 96.7. The summed E-state index contributed by atoms with van der Waals surface area (Å²) in [6, 6.07) is 0. The summed E-state index contributed by atoms with van der Waals surface area (Å²) in [5, 5.41) is 3.53. The summed E-state index contributed by atoms with van der Waals surface area (Å²) in [6.07, 6.45) is 2.58. The molecule has 46 valence electrons. The second-order valence-electron chi connectivity index (χ2n) is 1.76. The highest BCUT2D eigenvalue weighted by Gasteiger charge is 2.02. The smallest absolute Gasteiger partial charge is 0.0478 e. The minimum atomic E-state index is 1.25. The van der Waals surface area contributed by atoms with Crippen LogP contribution in [0.1, 0.15) is 19.8 Å². The van der Waals surface area contributed by atoms with E-state index in [0.29, 0.717) is 0 Å². The molecular weight excluding hydrogens is 136 g/mol. The minimum absolute atomic E-state index is 1.25. The number of hydrogen-bond acceptors (Lipinski definition) is 2. The van der Waals surface area contributed by atoms with Crippen molar-refractivity contribution in [1.82, 2.24) is 0 Å². The molecule has 0 amide bonds. The van der Waals surface area contributed by atoms with Crippen molar-refractivity contribution < 1.29 is 0 Å². The molecule has 1 heterocycles. The molecule has 0 aromatic rings. The average Bonchev–Trinajstić information content (AvgIpc) is 2.19. The van der Waals surface area contributed by atoms with Gasteiger partial charge in [0.2, 0.25) is 0 Å². The Morgan fingerprint density at radius 3 is 3.12 bits per heavy atom. The highest BCUT2D eigenvalue weighted by molar-refractivity contribution is 8.22. The molecule has 0 aromatic heterocycles. The average molecular weight is 146 g/mol. The van der Waals surface area contributed by atoms with Crippen LogP contribution in [0.2, 0.25) is 0 Å². The van der Waals surface area contributed by atoms with Gasteiger partial charge < -0.3 is 0 Å². The second-order valence-corrected chi connectivity index (χ2v) is 4.09. The van der Waals surface area contributed by atoms with Crippen molar-refractivity contribution in [3.63, 3.8) is 0 Å². The first-order chi connectivity index (χ1) is 3.93. The maximum absolute atomic E-state index is 2.29. The Morgan fingerprint density at radius 1 is 1.75 bits per heavy atom. The van der Waals surface area contributed by atoms with Crippen LogP contribution >= 0.6 is 23.5 Å². The molecule has 0 unspecified atom stereocenters. The molecule has 0 N–H and O–H groups in total. The summed E-state index contributed by atoms with van der Waals surface area (Å²) in [4.78, 5) is 1.58. The van der Waals surface area contributed by atoms with Crippen molar-refractivity contribution in [2.24, 2.45) is 0 Å². The lowest BCUT2D eigenvalue weighted by Crippen LogP contribution is -1.68. The molecule has 2 heteroatoms. The lowest BCUT2D eigenvalue weighted by Gasteiger charge is -1.92. The van der Waals surface area contributed by atoms with Crippen LogP contribution in [-0.2, 0) is 0 Å². The molecule has 0 aliphatic carbocycles. The van der Waals surface area contributed by atoms with Crippen molar-refractivity contribution in [3.8, 4) is 0 Å². The quantitative estimate of drug-likeness (QED) is 0.587. The highest BCUT2D eigenvalue weighted by atomic mass is 32.2. The van der Waals surface area contributed by atoms with Crippen LogP contribution in [-0.4, -0.2) is 5.08 Å². The lowest BCUT2D eigenvalue weighted by molar-refractivity contribution is 0.950.